The number of hydrogen-bond acceptors (Lipinski definition) is 1. The summed E-state index contributed by atoms with van der Waals surface area (Å²) in [7, 11) is 0. The van der Waals surface area contributed by atoms with E-state index < -0.39 is 0 Å². The molecule has 0 spiro atoms. The summed E-state index contributed by atoms with van der Waals surface area (Å²) in [5, 5.41) is 3.11. The molecular weight excluding hydrogens is 222 g/mol. The van der Waals surface area contributed by atoms with Crippen molar-refractivity contribution < 1.29 is 4.79 Å². The molecule has 2 nitrogen and oxygen atoms in total. The molecular formula is C16H23NO. The smallest absolute Gasteiger partial charge is 0.223 e. The molecule has 0 saturated heterocycles. The molecule has 2 unspecified atom stereocenters. The number of carbonyl (C=O) groups excluding carboxylic acids is 1. The molecule has 1 aromatic rings. The van der Waals surface area contributed by atoms with Crippen LogP contribution in [0.25, 0.3) is 0 Å². The Hall–Kier alpha value is -1.31. The lowest BCUT2D eigenvalue weighted by Gasteiger charge is -2.13. The average molecular weight is 245 g/mol. The van der Waals surface area contributed by atoms with Crippen LogP contribution < -0.4 is 5.32 Å². The van der Waals surface area contributed by atoms with Crippen LogP contribution in [-0.4, -0.2) is 12.5 Å². The summed E-state index contributed by atoms with van der Waals surface area (Å²) >= 11 is 0. The third kappa shape index (κ3) is 3.12. The van der Waals surface area contributed by atoms with Crippen molar-refractivity contribution in [3.8, 4) is 0 Å². The molecule has 1 aliphatic rings. The molecule has 98 valence electrons. The molecule has 1 N–H and O–H groups in total. The quantitative estimate of drug-likeness (QED) is 0.818. The van der Waals surface area contributed by atoms with Crippen molar-refractivity contribution in [2.75, 3.05) is 6.54 Å². The van der Waals surface area contributed by atoms with Crippen molar-refractivity contribution in [3.63, 3.8) is 0 Å². The van der Waals surface area contributed by atoms with Crippen molar-refractivity contribution in [2.45, 2.75) is 39.0 Å². The Labute approximate surface area is 110 Å². The summed E-state index contributed by atoms with van der Waals surface area (Å²) in [6, 6.07) is 10.4. The van der Waals surface area contributed by atoms with E-state index in [0.717, 1.165) is 25.8 Å². The van der Waals surface area contributed by atoms with Gasteiger partial charge < -0.3 is 5.32 Å². The summed E-state index contributed by atoms with van der Waals surface area (Å²) < 4.78 is 0. The maximum Gasteiger partial charge on any atom is 0.223 e. The predicted octanol–water partition coefficient (Wildman–Crippen LogP) is 3.34. The van der Waals surface area contributed by atoms with Gasteiger partial charge in [-0.05, 0) is 23.8 Å². The Morgan fingerprint density at radius 1 is 1.28 bits per heavy atom. The molecule has 1 aromatic carbocycles. The lowest BCUT2D eigenvalue weighted by atomic mass is 10.0. The van der Waals surface area contributed by atoms with E-state index in [1.54, 1.807) is 0 Å². The molecule has 0 radical (unpaired) electrons. The Kier molecular flexibility index (Phi) is 4.40. The van der Waals surface area contributed by atoms with E-state index in [9.17, 15) is 4.79 Å². The van der Waals surface area contributed by atoms with Crippen LogP contribution in [0.5, 0.6) is 0 Å². The Morgan fingerprint density at radius 3 is 2.56 bits per heavy atom. The minimum atomic E-state index is 0.210. The summed E-state index contributed by atoms with van der Waals surface area (Å²) in [5.74, 6) is 1.54. The van der Waals surface area contributed by atoms with E-state index in [1.165, 1.54) is 5.56 Å². The van der Waals surface area contributed by atoms with E-state index in [4.69, 9.17) is 0 Å². The summed E-state index contributed by atoms with van der Waals surface area (Å²) in [4.78, 5) is 12.0. The van der Waals surface area contributed by atoms with Gasteiger partial charge in [0.1, 0.15) is 0 Å². The Morgan fingerprint density at radius 2 is 1.94 bits per heavy atom. The SMILES string of the molecule is CCC(CC)CNC(=O)C1CC1c1ccccc1. The molecule has 2 atom stereocenters. The van der Waals surface area contributed by atoms with Crippen LogP contribution in [0.15, 0.2) is 30.3 Å². The van der Waals surface area contributed by atoms with Gasteiger partial charge in [-0.3, -0.25) is 4.79 Å². The maximum atomic E-state index is 12.0. The van der Waals surface area contributed by atoms with Gasteiger partial charge in [-0.1, -0.05) is 57.0 Å². The van der Waals surface area contributed by atoms with Gasteiger partial charge in [-0.15, -0.1) is 0 Å². The highest BCUT2D eigenvalue weighted by atomic mass is 16.2. The molecule has 1 saturated carbocycles. The minimum absolute atomic E-state index is 0.210. The number of rotatable bonds is 6. The van der Waals surface area contributed by atoms with Gasteiger partial charge in [-0.2, -0.15) is 0 Å². The van der Waals surface area contributed by atoms with Gasteiger partial charge in [-0.25, -0.2) is 0 Å². The molecule has 18 heavy (non-hydrogen) atoms. The standard InChI is InChI=1S/C16H23NO/c1-3-12(4-2)11-17-16(18)15-10-14(15)13-8-6-5-7-9-13/h5-9,12,14-15H,3-4,10-11H2,1-2H3,(H,17,18). The van der Waals surface area contributed by atoms with Crippen molar-refractivity contribution in [1.29, 1.82) is 0 Å². The van der Waals surface area contributed by atoms with Gasteiger partial charge in [0.25, 0.3) is 0 Å². The second-order valence-corrected chi connectivity index (χ2v) is 5.29. The first-order chi connectivity index (χ1) is 8.76. The van der Waals surface area contributed by atoms with Gasteiger partial charge >= 0.3 is 0 Å². The topological polar surface area (TPSA) is 29.1 Å². The average Bonchev–Trinajstić information content (AvgIpc) is 3.21. The highest BCUT2D eigenvalue weighted by Gasteiger charge is 2.43. The first-order valence-corrected chi connectivity index (χ1v) is 7.08. The van der Waals surface area contributed by atoms with Crippen LogP contribution in [0, 0.1) is 11.8 Å². The summed E-state index contributed by atoms with van der Waals surface area (Å²) in [6.45, 7) is 5.21. The third-order valence-electron chi connectivity index (χ3n) is 4.07. The van der Waals surface area contributed by atoms with Crippen LogP contribution in [0.4, 0.5) is 0 Å². The van der Waals surface area contributed by atoms with Gasteiger partial charge in [0.05, 0.1) is 0 Å². The van der Waals surface area contributed by atoms with E-state index in [-0.39, 0.29) is 11.8 Å². The van der Waals surface area contributed by atoms with Crippen molar-refractivity contribution in [2.24, 2.45) is 11.8 Å². The normalized spacial score (nSPS) is 21.9. The largest absolute Gasteiger partial charge is 0.356 e. The number of hydrogen-bond donors (Lipinski definition) is 1. The molecule has 0 bridgehead atoms. The molecule has 2 heteroatoms. The molecule has 1 aliphatic carbocycles. The molecule has 1 fully saturated rings. The van der Waals surface area contributed by atoms with Crippen molar-refractivity contribution in [1.82, 2.24) is 5.32 Å². The van der Waals surface area contributed by atoms with Gasteiger partial charge in [0.2, 0.25) is 5.91 Å². The first-order valence-electron chi connectivity index (χ1n) is 7.08. The van der Waals surface area contributed by atoms with Crippen LogP contribution in [-0.2, 0) is 4.79 Å². The number of nitrogens with one attached hydrogen (secondary N) is 1. The lowest BCUT2D eigenvalue weighted by Crippen LogP contribution is -2.30. The maximum absolute atomic E-state index is 12.0. The van der Waals surface area contributed by atoms with Crippen LogP contribution >= 0.6 is 0 Å². The molecule has 2 rings (SSSR count). The fourth-order valence-corrected chi connectivity index (χ4v) is 2.51. The van der Waals surface area contributed by atoms with E-state index >= 15 is 0 Å². The van der Waals surface area contributed by atoms with E-state index in [0.29, 0.717) is 11.8 Å². The van der Waals surface area contributed by atoms with Gasteiger partial charge in [0.15, 0.2) is 0 Å². The molecule has 0 heterocycles. The highest BCUT2D eigenvalue weighted by Crippen LogP contribution is 2.47. The number of amides is 1. The fourth-order valence-electron chi connectivity index (χ4n) is 2.51. The zero-order valence-electron chi connectivity index (χ0n) is 11.4. The van der Waals surface area contributed by atoms with E-state index in [1.807, 2.05) is 18.2 Å². The van der Waals surface area contributed by atoms with Gasteiger partial charge in [0, 0.05) is 12.5 Å². The monoisotopic (exact) mass is 245 g/mol. The van der Waals surface area contributed by atoms with Crippen LogP contribution in [0.3, 0.4) is 0 Å². The predicted molar refractivity (Wildman–Crippen MR) is 74.4 cm³/mol. The number of carbonyl (C=O) groups is 1. The second kappa shape index (κ2) is 6.03. The third-order valence-corrected chi connectivity index (χ3v) is 4.07. The molecule has 1 amide bonds. The summed E-state index contributed by atoms with van der Waals surface area (Å²) in [5.41, 5.74) is 1.31. The first kappa shape index (κ1) is 13.1. The lowest BCUT2D eigenvalue weighted by molar-refractivity contribution is -0.122. The fraction of sp³-hybridized carbons (Fsp3) is 0.562. The van der Waals surface area contributed by atoms with Crippen LogP contribution in [0.1, 0.15) is 44.6 Å². The summed E-state index contributed by atoms with van der Waals surface area (Å²) in [6.07, 6.45) is 3.30. The Bertz CT molecular complexity index is 383. The van der Waals surface area contributed by atoms with Crippen LogP contribution in [0.2, 0.25) is 0 Å². The van der Waals surface area contributed by atoms with Crippen molar-refractivity contribution in [3.05, 3.63) is 35.9 Å². The number of benzene rings is 1. The Balaban J connectivity index is 1.79. The molecule has 0 aliphatic heterocycles. The minimum Gasteiger partial charge on any atom is -0.356 e. The second-order valence-electron chi connectivity index (χ2n) is 5.29. The zero-order chi connectivity index (χ0) is 13.0. The molecule has 0 aromatic heterocycles. The van der Waals surface area contributed by atoms with Crippen molar-refractivity contribution >= 4 is 5.91 Å². The van der Waals surface area contributed by atoms with E-state index in [2.05, 4.69) is 31.3 Å². The highest BCUT2D eigenvalue weighted by molar-refractivity contribution is 5.82. The zero-order valence-corrected chi connectivity index (χ0v) is 11.4.